The summed E-state index contributed by atoms with van der Waals surface area (Å²) in [6.45, 7) is 5.55. The Balaban J connectivity index is 1.48. The number of fused-ring (bicyclic) bond motifs is 1. The van der Waals surface area contributed by atoms with E-state index < -0.39 is 15.1 Å². The molecule has 2 fully saturated rings. The lowest BCUT2D eigenvalue weighted by atomic mass is 10.1. The van der Waals surface area contributed by atoms with Gasteiger partial charge in [-0.1, -0.05) is 0 Å². The smallest absolute Gasteiger partial charge is 0.319 e. The van der Waals surface area contributed by atoms with Gasteiger partial charge in [0.1, 0.15) is 5.82 Å². The third-order valence-corrected chi connectivity index (χ3v) is 8.23. The maximum atomic E-state index is 12.7. The SMILES string of the molecule is C[C@@H]1c2c(nc(-c3ccc(NC(=O)NC4CC4)cc3)nc2N2CCOC[C@@H]2C)CS1(=O)=O. The summed E-state index contributed by atoms with van der Waals surface area (Å²) in [6.07, 6.45) is 2.06. The zero-order chi connectivity index (χ0) is 22.5. The van der Waals surface area contributed by atoms with Gasteiger partial charge >= 0.3 is 6.03 Å². The number of carbonyl (C=O) groups excluding carboxylic acids is 1. The Kier molecular flexibility index (Phi) is 5.29. The number of nitrogens with zero attached hydrogens (tertiary/aromatic N) is 3. The van der Waals surface area contributed by atoms with E-state index in [2.05, 4.69) is 27.4 Å². The second kappa shape index (κ2) is 8.00. The summed E-state index contributed by atoms with van der Waals surface area (Å²) < 4.78 is 30.9. The van der Waals surface area contributed by atoms with E-state index in [0.29, 0.717) is 48.3 Å². The van der Waals surface area contributed by atoms with Crippen molar-refractivity contribution in [2.45, 2.75) is 49.8 Å². The van der Waals surface area contributed by atoms with Gasteiger partial charge in [-0.05, 0) is 51.0 Å². The highest BCUT2D eigenvalue weighted by molar-refractivity contribution is 7.91. The summed E-state index contributed by atoms with van der Waals surface area (Å²) in [5.74, 6) is 1.09. The predicted molar refractivity (Wildman–Crippen MR) is 121 cm³/mol. The fourth-order valence-corrected chi connectivity index (χ4v) is 5.65. The monoisotopic (exact) mass is 457 g/mol. The van der Waals surface area contributed by atoms with E-state index in [1.54, 1.807) is 19.1 Å². The van der Waals surface area contributed by atoms with Crippen molar-refractivity contribution < 1.29 is 17.9 Å². The molecule has 2 N–H and O–H groups in total. The molecule has 0 spiro atoms. The van der Waals surface area contributed by atoms with E-state index in [4.69, 9.17) is 9.72 Å². The van der Waals surface area contributed by atoms with Gasteiger partial charge < -0.3 is 20.3 Å². The van der Waals surface area contributed by atoms with Crippen LogP contribution >= 0.6 is 0 Å². The Bertz CT molecular complexity index is 1150. The van der Waals surface area contributed by atoms with E-state index in [1.165, 1.54) is 0 Å². The third-order valence-electron chi connectivity index (χ3n) is 6.24. The topological polar surface area (TPSA) is 114 Å². The molecule has 0 radical (unpaired) electrons. The number of amides is 2. The van der Waals surface area contributed by atoms with Gasteiger partial charge in [-0.15, -0.1) is 0 Å². The molecule has 5 rings (SSSR count). The van der Waals surface area contributed by atoms with Gasteiger partial charge in [0.05, 0.1) is 36.0 Å². The van der Waals surface area contributed by atoms with Crippen LogP contribution in [0, 0.1) is 0 Å². The number of hydrogen-bond donors (Lipinski definition) is 2. The van der Waals surface area contributed by atoms with Crippen molar-refractivity contribution in [2.75, 3.05) is 30.0 Å². The van der Waals surface area contributed by atoms with Crippen molar-refractivity contribution >= 4 is 27.4 Å². The van der Waals surface area contributed by atoms with Gasteiger partial charge in [0, 0.05) is 29.4 Å². The van der Waals surface area contributed by atoms with Crippen LogP contribution in [0.15, 0.2) is 24.3 Å². The van der Waals surface area contributed by atoms with Crippen molar-refractivity contribution in [1.29, 1.82) is 0 Å². The molecular formula is C22H27N5O4S. The van der Waals surface area contributed by atoms with Crippen LogP contribution in [0.25, 0.3) is 11.4 Å². The molecule has 1 aliphatic carbocycles. The number of carbonyl (C=O) groups is 1. The minimum absolute atomic E-state index is 0.0777. The van der Waals surface area contributed by atoms with Crippen LogP contribution in [0.2, 0.25) is 0 Å². The highest BCUT2D eigenvalue weighted by Crippen LogP contribution is 2.42. The fraction of sp³-hybridized carbons (Fsp3) is 0.500. The number of aromatic nitrogens is 2. The number of hydrogen-bond acceptors (Lipinski definition) is 7. The van der Waals surface area contributed by atoms with Crippen LogP contribution in [0.3, 0.4) is 0 Å². The van der Waals surface area contributed by atoms with E-state index >= 15 is 0 Å². The summed E-state index contributed by atoms with van der Waals surface area (Å²) >= 11 is 0. The zero-order valence-corrected chi connectivity index (χ0v) is 19.0. The number of ether oxygens (including phenoxy) is 1. The molecule has 3 aliphatic rings. The second-order valence-electron chi connectivity index (χ2n) is 8.75. The van der Waals surface area contributed by atoms with Gasteiger partial charge in [0.15, 0.2) is 15.7 Å². The van der Waals surface area contributed by atoms with Crippen LogP contribution in [0.1, 0.15) is 43.2 Å². The Labute approximate surface area is 187 Å². The number of morpholine rings is 1. The zero-order valence-electron chi connectivity index (χ0n) is 18.2. The van der Waals surface area contributed by atoms with Crippen molar-refractivity contribution in [1.82, 2.24) is 15.3 Å². The second-order valence-corrected chi connectivity index (χ2v) is 11.1. The molecule has 2 aromatic rings. The maximum absolute atomic E-state index is 12.7. The van der Waals surface area contributed by atoms with Crippen LogP contribution < -0.4 is 15.5 Å². The van der Waals surface area contributed by atoms with E-state index in [9.17, 15) is 13.2 Å². The van der Waals surface area contributed by atoms with Crippen LogP contribution in [0.4, 0.5) is 16.3 Å². The molecule has 1 saturated heterocycles. The molecule has 10 heteroatoms. The first-order chi connectivity index (χ1) is 15.3. The first-order valence-electron chi connectivity index (χ1n) is 11.0. The normalized spacial score (nSPS) is 24.1. The number of urea groups is 1. The minimum Gasteiger partial charge on any atom is -0.377 e. The maximum Gasteiger partial charge on any atom is 0.319 e. The molecule has 32 heavy (non-hydrogen) atoms. The van der Waals surface area contributed by atoms with E-state index in [0.717, 1.165) is 18.4 Å². The average Bonchev–Trinajstić information content (AvgIpc) is 3.53. The van der Waals surface area contributed by atoms with Crippen LogP contribution in [0.5, 0.6) is 0 Å². The number of anilines is 2. The van der Waals surface area contributed by atoms with Crippen molar-refractivity contribution in [3.05, 3.63) is 35.5 Å². The standard InChI is InChI=1S/C22H27N5O4S/c1-13-11-31-10-9-27(13)21-19-14(2)32(29,30)12-18(19)25-20(26-21)15-3-5-16(6-4-15)23-22(28)24-17-7-8-17/h3-6,13-14,17H,7-12H2,1-2H3,(H2,23,24,28)/t13-,14+/m0/s1. The van der Waals surface area contributed by atoms with Crippen molar-refractivity contribution in [3.8, 4) is 11.4 Å². The number of sulfone groups is 1. The van der Waals surface area contributed by atoms with Gasteiger partial charge in [0.2, 0.25) is 0 Å². The third kappa shape index (κ3) is 4.04. The largest absolute Gasteiger partial charge is 0.377 e. The number of nitrogens with one attached hydrogen (secondary N) is 2. The average molecular weight is 458 g/mol. The summed E-state index contributed by atoms with van der Waals surface area (Å²) in [5.41, 5.74) is 2.71. The quantitative estimate of drug-likeness (QED) is 0.725. The predicted octanol–water partition coefficient (Wildman–Crippen LogP) is 2.64. The molecule has 1 aromatic heterocycles. The fourth-order valence-electron chi connectivity index (χ4n) is 4.20. The molecule has 170 valence electrons. The molecule has 2 atom stereocenters. The Hall–Kier alpha value is -2.72. The first-order valence-corrected chi connectivity index (χ1v) is 12.7. The van der Waals surface area contributed by atoms with Crippen LogP contribution in [-0.4, -0.2) is 56.3 Å². The van der Waals surface area contributed by atoms with Gasteiger partial charge in [-0.25, -0.2) is 23.2 Å². The Morgan fingerprint density at radius 2 is 1.91 bits per heavy atom. The van der Waals surface area contributed by atoms with Crippen LogP contribution in [-0.2, 0) is 20.3 Å². The molecule has 0 unspecified atom stereocenters. The first kappa shape index (κ1) is 21.1. The molecule has 1 aromatic carbocycles. The number of rotatable bonds is 4. The summed E-state index contributed by atoms with van der Waals surface area (Å²) in [7, 11) is -3.30. The van der Waals surface area contributed by atoms with E-state index in [1.807, 2.05) is 12.1 Å². The van der Waals surface area contributed by atoms with Crippen molar-refractivity contribution in [2.24, 2.45) is 0 Å². The summed E-state index contributed by atoms with van der Waals surface area (Å²) in [5, 5.41) is 5.08. The lowest BCUT2D eigenvalue weighted by Gasteiger charge is -2.35. The van der Waals surface area contributed by atoms with E-state index in [-0.39, 0.29) is 23.9 Å². The Morgan fingerprint density at radius 1 is 1.16 bits per heavy atom. The lowest BCUT2D eigenvalue weighted by Crippen LogP contribution is -2.44. The molecule has 9 nitrogen and oxygen atoms in total. The van der Waals surface area contributed by atoms with Gasteiger partial charge in [-0.3, -0.25) is 0 Å². The molecule has 1 saturated carbocycles. The molecule has 2 aliphatic heterocycles. The lowest BCUT2D eigenvalue weighted by molar-refractivity contribution is 0.0984. The number of benzene rings is 1. The van der Waals surface area contributed by atoms with Gasteiger partial charge in [0.25, 0.3) is 0 Å². The molecular weight excluding hydrogens is 430 g/mol. The summed E-state index contributed by atoms with van der Waals surface area (Å²) in [6, 6.07) is 7.44. The van der Waals surface area contributed by atoms with Gasteiger partial charge in [-0.2, -0.15) is 0 Å². The molecule has 2 amide bonds. The minimum atomic E-state index is -3.30. The highest BCUT2D eigenvalue weighted by Gasteiger charge is 2.40. The van der Waals surface area contributed by atoms with Crippen molar-refractivity contribution in [3.63, 3.8) is 0 Å². The molecule has 0 bridgehead atoms. The molecule has 3 heterocycles. The highest BCUT2D eigenvalue weighted by atomic mass is 32.2. The summed E-state index contributed by atoms with van der Waals surface area (Å²) in [4.78, 5) is 23.6. The Morgan fingerprint density at radius 3 is 2.59 bits per heavy atom.